The lowest BCUT2D eigenvalue weighted by Gasteiger charge is -2.34. The van der Waals surface area contributed by atoms with E-state index in [1.54, 1.807) is 12.5 Å². The summed E-state index contributed by atoms with van der Waals surface area (Å²) in [6.45, 7) is 4.20. The van der Waals surface area contributed by atoms with Crippen LogP contribution in [0.15, 0.2) is 28.8 Å². The molecule has 0 aromatic carbocycles. The minimum atomic E-state index is -2.30. The van der Waals surface area contributed by atoms with Crippen LogP contribution in [0.2, 0.25) is 0 Å². The highest BCUT2D eigenvalue weighted by atomic mass is 32.2. The first-order chi connectivity index (χ1) is 14.0. The molecule has 2 fully saturated rings. The molecule has 2 atom stereocenters. The van der Waals surface area contributed by atoms with E-state index in [0.717, 1.165) is 48.4 Å². The predicted molar refractivity (Wildman–Crippen MR) is 115 cm³/mol. The number of morpholine rings is 1. The zero-order chi connectivity index (χ0) is 20.0. The molecule has 29 heavy (non-hydrogen) atoms. The maximum atomic E-state index is 13.0. The molecule has 2 aromatic rings. The Kier molecular flexibility index (Phi) is 4.63. The Morgan fingerprint density at radius 3 is 2.97 bits per heavy atom. The van der Waals surface area contributed by atoms with Crippen LogP contribution in [-0.4, -0.2) is 56.5 Å². The summed E-state index contributed by atoms with van der Waals surface area (Å²) in [5.74, 6) is 1.91. The van der Waals surface area contributed by atoms with E-state index in [2.05, 4.69) is 33.3 Å². The van der Waals surface area contributed by atoms with Crippen LogP contribution in [0.1, 0.15) is 31.0 Å². The zero-order valence-corrected chi connectivity index (χ0v) is 17.6. The maximum absolute atomic E-state index is 13.0. The fourth-order valence-corrected chi connectivity index (χ4v) is 5.54. The van der Waals surface area contributed by atoms with E-state index in [4.69, 9.17) is 14.7 Å². The molecule has 0 radical (unpaired) electrons. The lowest BCUT2D eigenvalue weighted by molar-refractivity contribution is 0.0985. The van der Waals surface area contributed by atoms with Crippen LogP contribution in [0.4, 0.5) is 11.6 Å². The van der Waals surface area contributed by atoms with Crippen LogP contribution in [0.3, 0.4) is 0 Å². The Balaban J connectivity index is 1.65. The summed E-state index contributed by atoms with van der Waals surface area (Å²) in [5.41, 5.74) is 3.04. The highest BCUT2D eigenvalue weighted by Crippen LogP contribution is 2.34. The van der Waals surface area contributed by atoms with Crippen molar-refractivity contribution >= 4 is 27.4 Å². The van der Waals surface area contributed by atoms with Gasteiger partial charge in [0.2, 0.25) is 0 Å². The summed E-state index contributed by atoms with van der Waals surface area (Å²) in [7, 11) is -2.30. The summed E-state index contributed by atoms with van der Waals surface area (Å²) in [6, 6.07) is 4.02. The van der Waals surface area contributed by atoms with Gasteiger partial charge in [0, 0.05) is 47.9 Å². The van der Waals surface area contributed by atoms with Gasteiger partial charge >= 0.3 is 0 Å². The van der Waals surface area contributed by atoms with Gasteiger partial charge in [-0.05, 0) is 25.8 Å². The minimum absolute atomic E-state index is 0.180. The molecule has 0 N–H and O–H groups in total. The Morgan fingerprint density at radius 1 is 1.31 bits per heavy atom. The first kappa shape index (κ1) is 18.7. The summed E-state index contributed by atoms with van der Waals surface area (Å²) in [4.78, 5) is 16.3. The van der Waals surface area contributed by atoms with Gasteiger partial charge in [-0.2, -0.15) is 4.36 Å². The molecule has 0 bridgehead atoms. The molecule has 1 aliphatic heterocycles. The van der Waals surface area contributed by atoms with E-state index in [-0.39, 0.29) is 11.3 Å². The highest BCUT2D eigenvalue weighted by molar-refractivity contribution is 7.93. The molecule has 2 aromatic heterocycles. The maximum Gasteiger partial charge on any atom is 0.167 e. The number of anilines is 1. The summed E-state index contributed by atoms with van der Waals surface area (Å²) in [6.07, 6.45) is 10.5. The third-order valence-electron chi connectivity index (χ3n) is 5.69. The van der Waals surface area contributed by atoms with Crippen molar-refractivity contribution in [2.75, 3.05) is 30.9 Å². The number of aromatic nitrogens is 3. The van der Waals surface area contributed by atoms with Crippen molar-refractivity contribution in [1.82, 2.24) is 15.0 Å². The molecule has 0 amide bonds. The molecule has 152 valence electrons. The number of ether oxygens (including phenoxy) is 1. The number of hydrogen-bond donors (Lipinski definition) is 0. The van der Waals surface area contributed by atoms with Crippen molar-refractivity contribution in [3.8, 4) is 11.4 Å². The van der Waals surface area contributed by atoms with E-state index < -0.39 is 9.73 Å². The molecular formula is C21H25N5O2S. The molecule has 2 aliphatic carbocycles. The normalized spacial score (nSPS) is 23.0. The third-order valence-corrected chi connectivity index (χ3v) is 7.95. The second kappa shape index (κ2) is 7.18. The summed E-state index contributed by atoms with van der Waals surface area (Å²) < 4.78 is 23.2. The number of hydrogen-bond acceptors (Lipinski definition) is 7. The molecule has 8 heteroatoms. The van der Waals surface area contributed by atoms with E-state index >= 15 is 0 Å². The predicted octanol–water partition coefficient (Wildman–Crippen LogP) is 3.22. The average molecular weight is 412 g/mol. The molecule has 5 rings (SSSR count). The largest absolute Gasteiger partial charge is 0.377 e. The number of pyridine rings is 1. The molecular weight excluding hydrogens is 386 g/mol. The van der Waals surface area contributed by atoms with Gasteiger partial charge in [0.15, 0.2) is 11.6 Å². The number of rotatable bonds is 4. The second-order valence-corrected chi connectivity index (χ2v) is 10.6. The quantitative estimate of drug-likeness (QED) is 0.768. The van der Waals surface area contributed by atoms with Gasteiger partial charge < -0.3 is 9.64 Å². The van der Waals surface area contributed by atoms with Crippen LogP contribution in [0, 0.1) is 0 Å². The number of allylic oxidation sites excluding steroid dienone is 1. The Morgan fingerprint density at radius 2 is 2.17 bits per heavy atom. The van der Waals surface area contributed by atoms with Gasteiger partial charge in [0.05, 0.1) is 34.7 Å². The fourth-order valence-electron chi connectivity index (χ4n) is 3.92. The van der Waals surface area contributed by atoms with Crippen molar-refractivity contribution in [3.63, 3.8) is 0 Å². The third kappa shape index (κ3) is 3.67. The van der Waals surface area contributed by atoms with Gasteiger partial charge in [-0.1, -0.05) is 12.2 Å². The number of nitrogens with zero attached hydrogens (tertiary/aromatic N) is 5. The molecule has 1 saturated heterocycles. The monoisotopic (exact) mass is 411 g/mol. The number of fused-ring (bicyclic) bond motifs is 1. The van der Waals surface area contributed by atoms with Crippen molar-refractivity contribution in [2.24, 2.45) is 4.36 Å². The highest BCUT2D eigenvalue weighted by Gasteiger charge is 2.31. The van der Waals surface area contributed by atoms with Crippen LogP contribution >= 0.6 is 0 Å². The van der Waals surface area contributed by atoms with Crippen molar-refractivity contribution in [2.45, 2.75) is 37.5 Å². The standard InChI is InChI=1S/C21H25N5O2S/c1-14-13-28-11-10-26(14)20-12-19(25-29(2,27)15-6-7-15)23-21(24-20)17-8-9-22-18-5-3-4-16(17)18/h3-4,8-9,12,14-15H,5-7,10-11,13H2,1-2H3/t14-,29-/m1/s1. The molecule has 3 aliphatic rings. The van der Waals surface area contributed by atoms with Gasteiger partial charge in [-0.25, -0.2) is 14.2 Å². The van der Waals surface area contributed by atoms with Gasteiger partial charge in [-0.3, -0.25) is 4.98 Å². The van der Waals surface area contributed by atoms with Crippen molar-refractivity contribution in [1.29, 1.82) is 0 Å². The minimum Gasteiger partial charge on any atom is -0.377 e. The molecule has 7 nitrogen and oxygen atoms in total. The first-order valence-electron chi connectivity index (χ1n) is 10.1. The van der Waals surface area contributed by atoms with E-state index in [0.29, 0.717) is 24.9 Å². The summed E-state index contributed by atoms with van der Waals surface area (Å²) in [5, 5.41) is 0.180. The van der Waals surface area contributed by atoms with Crippen LogP contribution < -0.4 is 4.90 Å². The molecule has 3 heterocycles. The lowest BCUT2D eigenvalue weighted by atomic mass is 10.1. The SMILES string of the molecule is C[C@@H]1COCCN1c1cc(N=[S@](C)(=O)C2CC2)nc(-c2ccnc3c2C=CC3)n1. The van der Waals surface area contributed by atoms with E-state index in [1.165, 1.54) is 0 Å². The Bertz CT molecular complexity index is 1100. The lowest BCUT2D eigenvalue weighted by Crippen LogP contribution is -2.44. The molecule has 0 spiro atoms. The fraction of sp³-hybridized carbons (Fsp3) is 0.476. The topological polar surface area (TPSA) is 80.6 Å². The first-order valence-corrected chi connectivity index (χ1v) is 12.1. The summed E-state index contributed by atoms with van der Waals surface area (Å²) >= 11 is 0. The van der Waals surface area contributed by atoms with E-state index in [1.807, 2.05) is 12.1 Å². The van der Waals surface area contributed by atoms with Crippen molar-refractivity contribution < 1.29 is 8.95 Å². The Labute approximate surface area is 171 Å². The van der Waals surface area contributed by atoms with Crippen LogP contribution in [0.5, 0.6) is 0 Å². The van der Waals surface area contributed by atoms with Crippen LogP contribution in [-0.2, 0) is 20.9 Å². The van der Waals surface area contributed by atoms with Crippen molar-refractivity contribution in [3.05, 3.63) is 35.7 Å². The average Bonchev–Trinajstić information content (AvgIpc) is 3.46. The van der Waals surface area contributed by atoms with Gasteiger partial charge in [-0.15, -0.1) is 0 Å². The molecule has 1 saturated carbocycles. The van der Waals surface area contributed by atoms with Gasteiger partial charge in [0.1, 0.15) is 5.82 Å². The van der Waals surface area contributed by atoms with Crippen LogP contribution in [0.25, 0.3) is 17.5 Å². The molecule has 0 unspecified atom stereocenters. The zero-order valence-electron chi connectivity index (χ0n) is 16.7. The second-order valence-electron chi connectivity index (χ2n) is 8.00. The smallest absolute Gasteiger partial charge is 0.167 e. The van der Waals surface area contributed by atoms with E-state index in [9.17, 15) is 4.21 Å². The van der Waals surface area contributed by atoms with Gasteiger partial charge in [0.25, 0.3) is 0 Å². The Hall–Kier alpha value is -2.32.